The van der Waals surface area contributed by atoms with Crippen molar-refractivity contribution in [3.8, 4) is 56.4 Å². The Morgan fingerprint density at radius 3 is 1.63 bits per heavy atom. The highest BCUT2D eigenvalue weighted by atomic mass is 16.3. The Morgan fingerprint density at radius 1 is 0.408 bits per heavy atom. The van der Waals surface area contributed by atoms with Gasteiger partial charge in [0.15, 0.2) is 17.5 Å². The normalized spacial score (nSPS) is 14.4. The van der Waals surface area contributed by atoms with E-state index in [4.69, 9.17) is 19.4 Å². The maximum absolute atomic E-state index is 6.25. The van der Waals surface area contributed by atoms with E-state index in [1.807, 2.05) is 48.5 Å². The minimum absolute atomic E-state index is 0.0844. The van der Waals surface area contributed by atoms with E-state index >= 15 is 0 Å². The molecule has 0 fully saturated rings. The van der Waals surface area contributed by atoms with Crippen molar-refractivity contribution < 1.29 is 4.42 Å². The molecule has 0 saturated carbocycles. The smallest absolute Gasteiger partial charge is 0.164 e. The molecule has 0 saturated heterocycles. The predicted octanol–water partition coefficient (Wildman–Crippen LogP) is 11.7. The van der Waals surface area contributed by atoms with Crippen LogP contribution in [-0.2, 0) is 10.8 Å². The van der Waals surface area contributed by atoms with Gasteiger partial charge >= 0.3 is 0 Å². The molecule has 0 aliphatic heterocycles. The van der Waals surface area contributed by atoms with Gasteiger partial charge in [0.25, 0.3) is 0 Å². The van der Waals surface area contributed by atoms with Crippen LogP contribution in [0.15, 0.2) is 144 Å². The second-order valence-electron chi connectivity index (χ2n) is 14.1. The van der Waals surface area contributed by atoms with Crippen molar-refractivity contribution in [2.45, 2.75) is 38.5 Å². The average molecular weight is 634 g/mol. The van der Waals surface area contributed by atoms with Gasteiger partial charge in [-0.25, -0.2) is 15.0 Å². The van der Waals surface area contributed by atoms with Gasteiger partial charge < -0.3 is 4.42 Å². The Labute approximate surface area is 286 Å². The molecule has 2 aromatic heterocycles. The van der Waals surface area contributed by atoms with Crippen LogP contribution in [0.3, 0.4) is 0 Å². The zero-order chi connectivity index (χ0) is 33.3. The van der Waals surface area contributed by atoms with E-state index in [1.165, 1.54) is 33.4 Å². The highest BCUT2D eigenvalue weighted by molar-refractivity contribution is 6.11. The molecule has 49 heavy (non-hydrogen) atoms. The summed E-state index contributed by atoms with van der Waals surface area (Å²) in [4.78, 5) is 15.4. The van der Waals surface area contributed by atoms with Gasteiger partial charge in [0.2, 0.25) is 0 Å². The Morgan fingerprint density at radius 2 is 0.939 bits per heavy atom. The molecule has 4 nitrogen and oxygen atoms in total. The first-order valence-corrected chi connectivity index (χ1v) is 16.9. The van der Waals surface area contributed by atoms with Crippen molar-refractivity contribution in [3.05, 3.63) is 151 Å². The van der Waals surface area contributed by atoms with Gasteiger partial charge in [-0.1, -0.05) is 143 Å². The van der Waals surface area contributed by atoms with E-state index in [0.717, 1.165) is 38.6 Å². The first-order chi connectivity index (χ1) is 23.8. The van der Waals surface area contributed by atoms with Crippen molar-refractivity contribution in [3.63, 3.8) is 0 Å². The lowest BCUT2D eigenvalue weighted by atomic mass is 9.55. The molecule has 0 radical (unpaired) electrons. The molecular weight excluding hydrogens is 599 g/mol. The summed E-state index contributed by atoms with van der Waals surface area (Å²) in [6.07, 6.45) is 0. The van der Waals surface area contributed by atoms with Crippen LogP contribution in [0.4, 0.5) is 0 Å². The molecular formula is C45H35N3O. The van der Waals surface area contributed by atoms with Gasteiger partial charge in [-0.3, -0.25) is 0 Å². The quantitative estimate of drug-likeness (QED) is 0.193. The lowest BCUT2D eigenvalue weighted by Crippen LogP contribution is -2.43. The fraction of sp³-hybridized carbons (Fsp3) is 0.133. The number of para-hydroxylation sites is 1. The number of hydrogen-bond donors (Lipinski definition) is 0. The van der Waals surface area contributed by atoms with E-state index in [9.17, 15) is 0 Å². The zero-order valence-corrected chi connectivity index (χ0v) is 28.0. The molecule has 8 aromatic rings. The first-order valence-electron chi connectivity index (χ1n) is 16.9. The molecule has 0 amide bonds. The van der Waals surface area contributed by atoms with E-state index in [0.29, 0.717) is 17.5 Å². The summed E-state index contributed by atoms with van der Waals surface area (Å²) < 4.78 is 6.25. The van der Waals surface area contributed by atoms with E-state index in [1.54, 1.807) is 0 Å². The summed E-state index contributed by atoms with van der Waals surface area (Å²) in [5.74, 6) is 1.89. The van der Waals surface area contributed by atoms with Crippen LogP contribution in [-0.4, -0.2) is 15.0 Å². The summed E-state index contributed by atoms with van der Waals surface area (Å²) in [5, 5.41) is 2.05. The monoisotopic (exact) mass is 633 g/mol. The molecule has 1 aliphatic carbocycles. The number of benzene rings is 6. The van der Waals surface area contributed by atoms with Gasteiger partial charge in [0.05, 0.1) is 0 Å². The first kappa shape index (κ1) is 29.3. The molecule has 0 bridgehead atoms. The van der Waals surface area contributed by atoms with Gasteiger partial charge in [-0.2, -0.15) is 0 Å². The molecule has 4 heteroatoms. The number of rotatable bonds is 4. The predicted molar refractivity (Wildman–Crippen MR) is 200 cm³/mol. The molecule has 0 N–H and O–H groups in total. The lowest BCUT2D eigenvalue weighted by Gasteiger charge is -2.48. The van der Waals surface area contributed by atoms with Gasteiger partial charge in [0.1, 0.15) is 11.2 Å². The molecule has 1 aliphatic rings. The van der Waals surface area contributed by atoms with Crippen LogP contribution in [0.5, 0.6) is 0 Å². The van der Waals surface area contributed by atoms with Gasteiger partial charge in [-0.05, 0) is 68.5 Å². The summed E-state index contributed by atoms with van der Waals surface area (Å²) in [7, 11) is 0. The fourth-order valence-electron chi connectivity index (χ4n) is 7.55. The van der Waals surface area contributed by atoms with Crippen LogP contribution < -0.4 is 0 Å². The second kappa shape index (κ2) is 10.8. The fourth-order valence-corrected chi connectivity index (χ4v) is 7.55. The third-order valence-corrected chi connectivity index (χ3v) is 10.9. The number of hydrogen-bond acceptors (Lipinski definition) is 4. The standard InChI is InChI=1S/C45H35N3O/c1-44(2)36-24-22-30(28-14-7-5-8-15-28)26-34(36)35-27-31(23-25-37(35)45(44,3)4)42-46-41(29-16-9-6-10-17-29)47-43(48-42)33-19-13-21-39-40(33)32-18-11-12-20-38(32)49-39/h5-27H,1-4H3. The summed E-state index contributed by atoms with van der Waals surface area (Å²) >= 11 is 0. The third-order valence-electron chi connectivity index (χ3n) is 10.9. The highest BCUT2D eigenvalue weighted by Crippen LogP contribution is 2.55. The van der Waals surface area contributed by atoms with Crippen molar-refractivity contribution in [1.29, 1.82) is 0 Å². The van der Waals surface area contributed by atoms with Gasteiger partial charge in [-0.15, -0.1) is 0 Å². The van der Waals surface area contributed by atoms with E-state index in [-0.39, 0.29) is 10.8 Å². The van der Waals surface area contributed by atoms with Crippen molar-refractivity contribution in [2.24, 2.45) is 0 Å². The zero-order valence-electron chi connectivity index (χ0n) is 28.0. The van der Waals surface area contributed by atoms with E-state index < -0.39 is 0 Å². The Bertz CT molecular complexity index is 2550. The SMILES string of the molecule is CC1(C)c2ccc(-c3ccccc3)cc2-c2cc(-c3nc(-c4ccccc4)nc(-c4cccc5oc6ccccc6c45)n3)ccc2C1(C)C. The molecule has 0 spiro atoms. The number of furan rings is 1. The van der Waals surface area contributed by atoms with Crippen LogP contribution in [0.1, 0.15) is 38.8 Å². The minimum Gasteiger partial charge on any atom is -0.456 e. The maximum atomic E-state index is 6.25. The van der Waals surface area contributed by atoms with Crippen LogP contribution in [0.25, 0.3) is 78.4 Å². The Hall–Kier alpha value is -5.87. The van der Waals surface area contributed by atoms with Crippen molar-refractivity contribution >= 4 is 21.9 Å². The average Bonchev–Trinajstić information content (AvgIpc) is 3.53. The summed E-state index contributed by atoms with van der Waals surface area (Å²) in [6.45, 7) is 9.47. The van der Waals surface area contributed by atoms with Gasteiger partial charge in [0, 0.05) is 27.5 Å². The maximum Gasteiger partial charge on any atom is 0.164 e. The highest BCUT2D eigenvalue weighted by Gasteiger charge is 2.46. The Kier molecular flexibility index (Phi) is 6.47. The largest absolute Gasteiger partial charge is 0.456 e. The minimum atomic E-state index is -0.112. The van der Waals surface area contributed by atoms with Crippen LogP contribution >= 0.6 is 0 Å². The number of nitrogens with zero attached hydrogens (tertiary/aromatic N) is 3. The molecule has 6 aromatic carbocycles. The molecule has 9 rings (SSSR count). The second-order valence-corrected chi connectivity index (χ2v) is 14.1. The van der Waals surface area contributed by atoms with Crippen molar-refractivity contribution in [1.82, 2.24) is 15.0 Å². The number of aromatic nitrogens is 3. The molecule has 0 unspecified atom stereocenters. The third kappa shape index (κ3) is 4.55. The summed E-state index contributed by atoms with van der Waals surface area (Å²) in [6, 6.07) is 48.8. The molecule has 2 heterocycles. The Balaban J connectivity index is 1.28. The van der Waals surface area contributed by atoms with Crippen LogP contribution in [0, 0.1) is 0 Å². The molecule has 0 atom stereocenters. The lowest BCUT2D eigenvalue weighted by molar-refractivity contribution is 0.299. The van der Waals surface area contributed by atoms with E-state index in [2.05, 4.69) is 119 Å². The van der Waals surface area contributed by atoms with Crippen LogP contribution in [0.2, 0.25) is 0 Å². The number of fused-ring (bicyclic) bond motifs is 6. The summed E-state index contributed by atoms with van der Waals surface area (Å²) in [5.41, 5.74) is 11.8. The van der Waals surface area contributed by atoms with Crippen molar-refractivity contribution in [2.75, 3.05) is 0 Å². The topological polar surface area (TPSA) is 51.8 Å². The molecule has 236 valence electrons.